The van der Waals surface area contributed by atoms with Gasteiger partial charge in [-0.3, -0.25) is 19.0 Å². The predicted octanol–water partition coefficient (Wildman–Crippen LogP) is 3.88. The number of carbonyl (C=O) groups is 2. The Morgan fingerprint density at radius 1 is 1.09 bits per heavy atom. The highest BCUT2D eigenvalue weighted by Gasteiger charge is 2.47. The Kier molecular flexibility index (Phi) is 9.67. The van der Waals surface area contributed by atoms with Crippen LogP contribution in [0.5, 0.6) is 5.75 Å². The minimum absolute atomic E-state index is 0.00693. The maximum Gasteiger partial charge on any atom is 0.253 e. The SMILES string of the molecule is Cc1cc(C(=O)N2CCC(C)(O)CC2)cc(C)c1C=CS(=O)(=O)N1CCC2(CC1)N=C(c1ccc(F)c(OCCCF)c1)NC2=O. The van der Waals surface area contributed by atoms with Gasteiger partial charge in [-0.2, -0.15) is 4.31 Å². The standard InChI is InChI=1S/C33H40F2N4O6S/c1-22-19-25(30(40)38-13-8-32(3,42)9-14-38)20-23(2)26(22)7-18-46(43,44)39-15-10-33(11-16-39)31(41)36-29(37-33)24-5-6-27(35)28(21-24)45-17-4-12-34/h5-7,18-21,42H,4,8-17H2,1-3H3,(H,36,37,41). The number of nitrogens with one attached hydrogen (secondary N) is 1. The van der Waals surface area contributed by atoms with Crippen LogP contribution in [-0.2, 0) is 14.8 Å². The molecule has 0 saturated carbocycles. The summed E-state index contributed by atoms with van der Waals surface area (Å²) in [6.45, 7) is 5.95. The van der Waals surface area contributed by atoms with E-state index in [-0.39, 0.29) is 62.4 Å². The van der Waals surface area contributed by atoms with Crippen LogP contribution in [0.2, 0.25) is 0 Å². The number of sulfonamides is 1. The highest BCUT2D eigenvalue weighted by Crippen LogP contribution is 2.33. The quantitative estimate of drug-likeness (QED) is 0.394. The van der Waals surface area contributed by atoms with Gasteiger partial charge in [-0.25, -0.2) is 12.8 Å². The molecule has 2 aromatic rings. The Labute approximate surface area is 268 Å². The number of halogens is 2. The normalized spacial score (nSPS) is 19.8. The third-order valence-corrected chi connectivity index (χ3v) is 10.6. The summed E-state index contributed by atoms with van der Waals surface area (Å²) in [5.41, 5.74) is 1.27. The molecule has 46 heavy (non-hydrogen) atoms. The Morgan fingerprint density at radius 3 is 2.37 bits per heavy atom. The van der Waals surface area contributed by atoms with E-state index < -0.39 is 33.7 Å². The molecule has 2 amide bonds. The van der Waals surface area contributed by atoms with E-state index in [9.17, 15) is 31.9 Å². The summed E-state index contributed by atoms with van der Waals surface area (Å²) in [4.78, 5) is 32.5. The summed E-state index contributed by atoms with van der Waals surface area (Å²) in [7, 11) is -3.83. The van der Waals surface area contributed by atoms with Gasteiger partial charge in [0.1, 0.15) is 11.4 Å². The molecule has 0 atom stereocenters. The summed E-state index contributed by atoms with van der Waals surface area (Å²) >= 11 is 0. The molecule has 0 unspecified atom stereocenters. The van der Waals surface area contributed by atoms with Crippen molar-refractivity contribution >= 4 is 33.7 Å². The van der Waals surface area contributed by atoms with Crippen LogP contribution in [0.4, 0.5) is 8.78 Å². The zero-order chi connectivity index (χ0) is 33.3. The first kappa shape index (κ1) is 33.7. The molecule has 0 aliphatic carbocycles. The van der Waals surface area contributed by atoms with Gasteiger partial charge in [0.15, 0.2) is 11.6 Å². The largest absolute Gasteiger partial charge is 0.490 e. The molecule has 3 aliphatic rings. The van der Waals surface area contributed by atoms with Crippen LogP contribution in [0.25, 0.3) is 6.08 Å². The lowest BCUT2D eigenvalue weighted by Gasteiger charge is -2.36. The number of hydrogen-bond donors (Lipinski definition) is 2. The molecule has 13 heteroatoms. The Hall–Kier alpha value is -3.68. The van der Waals surface area contributed by atoms with E-state index in [0.29, 0.717) is 42.6 Å². The summed E-state index contributed by atoms with van der Waals surface area (Å²) < 4.78 is 59.9. The Morgan fingerprint density at radius 2 is 1.74 bits per heavy atom. The van der Waals surface area contributed by atoms with E-state index in [2.05, 4.69) is 10.3 Å². The number of amidine groups is 1. The third-order valence-electron chi connectivity index (χ3n) is 9.01. The number of aliphatic hydroxyl groups is 1. The molecule has 0 aromatic heterocycles. The first-order valence-corrected chi connectivity index (χ1v) is 17.0. The van der Waals surface area contributed by atoms with E-state index in [1.54, 1.807) is 24.0 Å². The smallest absolute Gasteiger partial charge is 0.253 e. The number of hydrogen-bond acceptors (Lipinski definition) is 7. The van der Waals surface area contributed by atoms with Crippen molar-refractivity contribution in [3.8, 4) is 5.75 Å². The van der Waals surface area contributed by atoms with Crippen molar-refractivity contribution in [2.45, 2.75) is 64.0 Å². The second-order valence-corrected chi connectivity index (χ2v) is 14.4. The number of rotatable bonds is 9. The molecule has 2 fully saturated rings. The minimum atomic E-state index is -3.83. The molecule has 1 spiro atoms. The molecule has 0 radical (unpaired) electrons. The average Bonchev–Trinajstić information content (AvgIpc) is 3.32. The van der Waals surface area contributed by atoms with E-state index in [0.717, 1.165) is 16.5 Å². The van der Waals surface area contributed by atoms with Gasteiger partial charge in [0, 0.05) is 49.1 Å². The van der Waals surface area contributed by atoms with Crippen LogP contribution >= 0.6 is 0 Å². The van der Waals surface area contributed by atoms with Gasteiger partial charge >= 0.3 is 0 Å². The van der Waals surface area contributed by atoms with E-state index in [1.807, 2.05) is 13.8 Å². The highest BCUT2D eigenvalue weighted by molar-refractivity contribution is 7.92. The number of aryl methyl sites for hydroxylation is 2. The van der Waals surface area contributed by atoms with Crippen molar-refractivity contribution in [1.82, 2.24) is 14.5 Å². The molecule has 5 rings (SSSR count). The number of aliphatic imine (C=N–C) groups is 1. The first-order chi connectivity index (χ1) is 21.7. The second-order valence-electron chi connectivity index (χ2n) is 12.5. The monoisotopic (exact) mass is 658 g/mol. The number of amides is 2. The molecule has 2 aromatic carbocycles. The van der Waals surface area contributed by atoms with Gasteiger partial charge < -0.3 is 20.1 Å². The van der Waals surface area contributed by atoms with Gasteiger partial charge in [-0.1, -0.05) is 0 Å². The van der Waals surface area contributed by atoms with Crippen LogP contribution in [0.15, 0.2) is 40.7 Å². The lowest BCUT2D eigenvalue weighted by Crippen LogP contribution is -2.50. The number of nitrogens with zero attached hydrogens (tertiary/aromatic N) is 3. The molecule has 0 bridgehead atoms. The van der Waals surface area contributed by atoms with Gasteiger partial charge in [0.25, 0.3) is 11.8 Å². The fourth-order valence-corrected chi connectivity index (χ4v) is 7.25. The van der Waals surface area contributed by atoms with Crippen molar-refractivity contribution in [2.24, 2.45) is 4.99 Å². The number of ether oxygens (including phenoxy) is 1. The summed E-state index contributed by atoms with van der Waals surface area (Å²) in [6, 6.07) is 7.57. The molecule has 3 heterocycles. The Bertz CT molecular complexity index is 1650. The van der Waals surface area contributed by atoms with Gasteiger partial charge in [0.05, 0.1) is 18.9 Å². The lowest BCUT2D eigenvalue weighted by atomic mass is 9.89. The minimum Gasteiger partial charge on any atom is -0.490 e. The topological polar surface area (TPSA) is 129 Å². The van der Waals surface area contributed by atoms with Crippen molar-refractivity contribution in [2.75, 3.05) is 39.5 Å². The highest BCUT2D eigenvalue weighted by atomic mass is 32.2. The van der Waals surface area contributed by atoms with Crippen molar-refractivity contribution in [3.63, 3.8) is 0 Å². The molecule has 2 saturated heterocycles. The zero-order valence-electron chi connectivity index (χ0n) is 26.3. The van der Waals surface area contributed by atoms with E-state index in [4.69, 9.17) is 4.74 Å². The maximum atomic E-state index is 14.2. The number of carbonyl (C=O) groups excluding carboxylic acids is 2. The molecule has 3 aliphatic heterocycles. The molecule has 248 valence electrons. The zero-order valence-corrected chi connectivity index (χ0v) is 27.1. The van der Waals surface area contributed by atoms with Crippen LogP contribution in [0, 0.1) is 19.7 Å². The van der Waals surface area contributed by atoms with Crippen molar-refractivity contribution in [3.05, 3.63) is 69.4 Å². The van der Waals surface area contributed by atoms with Crippen molar-refractivity contribution in [1.29, 1.82) is 0 Å². The maximum absolute atomic E-state index is 14.2. The third kappa shape index (κ3) is 7.16. The first-order valence-electron chi connectivity index (χ1n) is 15.4. The van der Waals surface area contributed by atoms with Crippen LogP contribution in [0.1, 0.15) is 71.6 Å². The van der Waals surface area contributed by atoms with Gasteiger partial charge in [-0.05, 0) is 99.6 Å². The van der Waals surface area contributed by atoms with Crippen molar-refractivity contribution < 1.29 is 36.6 Å². The fraction of sp³-hybridized carbons (Fsp3) is 0.485. The van der Waals surface area contributed by atoms with E-state index in [1.165, 1.54) is 28.6 Å². The van der Waals surface area contributed by atoms with Crippen LogP contribution in [-0.4, -0.2) is 91.0 Å². The van der Waals surface area contributed by atoms with E-state index >= 15 is 0 Å². The summed E-state index contributed by atoms with van der Waals surface area (Å²) in [5, 5.41) is 14.1. The molecule has 10 nitrogen and oxygen atoms in total. The number of likely N-dealkylation sites (tertiary alicyclic amines) is 1. The summed E-state index contributed by atoms with van der Waals surface area (Å²) in [6.07, 6.45) is 3.01. The second kappa shape index (κ2) is 13.2. The lowest BCUT2D eigenvalue weighted by molar-refractivity contribution is -0.124. The number of alkyl halides is 1. The average molecular weight is 659 g/mol. The van der Waals surface area contributed by atoms with Crippen LogP contribution in [0.3, 0.4) is 0 Å². The number of piperidine rings is 2. The van der Waals surface area contributed by atoms with Gasteiger partial charge in [-0.15, -0.1) is 0 Å². The number of benzene rings is 2. The predicted molar refractivity (Wildman–Crippen MR) is 170 cm³/mol. The Balaban J connectivity index is 1.24. The molecular weight excluding hydrogens is 618 g/mol. The molecular formula is C33H40F2N4O6S. The summed E-state index contributed by atoms with van der Waals surface area (Å²) in [5.74, 6) is -0.903. The molecule has 2 N–H and O–H groups in total. The fourth-order valence-electron chi connectivity index (χ4n) is 6.08. The van der Waals surface area contributed by atoms with Crippen LogP contribution < -0.4 is 10.1 Å². The van der Waals surface area contributed by atoms with Gasteiger partial charge in [0.2, 0.25) is 10.0 Å².